The van der Waals surface area contributed by atoms with Crippen LogP contribution < -0.4 is 10.5 Å². The van der Waals surface area contributed by atoms with Gasteiger partial charge in [-0.05, 0) is 38.1 Å². The van der Waals surface area contributed by atoms with Crippen LogP contribution in [0, 0.1) is 0 Å². The van der Waals surface area contributed by atoms with Gasteiger partial charge < -0.3 is 29.4 Å². The zero-order valence-electron chi connectivity index (χ0n) is 21.4. The second kappa shape index (κ2) is 10.2. The van der Waals surface area contributed by atoms with Crippen molar-refractivity contribution >= 4 is 22.7 Å². The van der Waals surface area contributed by atoms with E-state index in [9.17, 15) is 22.8 Å². The van der Waals surface area contributed by atoms with Crippen molar-refractivity contribution in [2.45, 2.75) is 32.2 Å². The minimum atomic E-state index is -4.64. The SMILES string of the molecule is COc1ccc(-c2nc(C(=O)N3CCN(C(=O)C(C)(C)OC)CC3)c(CN)o2)c2ccc(C(F)(F)F)nc12. The maximum atomic E-state index is 13.3. The van der Waals surface area contributed by atoms with Crippen molar-refractivity contribution in [3.63, 3.8) is 0 Å². The predicted octanol–water partition coefficient (Wildman–Crippen LogP) is 3.09. The number of nitrogens with two attached hydrogens (primary N) is 1. The lowest BCUT2D eigenvalue weighted by molar-refractivity contribution is -0.152. The number of hydrogen-bond donors (Lipinski definition) is 1. The first kappa shape index (κ1) is 27.3. The summed E-state index contributed by atoms with van der Waals surface area (Å²) >= 11 is 0. The average Bonchev–Trinajstić information content (AvgIpc) is 3.35. The van der Waals surface area contributed by atoms with E-state index in [0.29, 0.717) is 24.0 Å². The van der Waals surface area contributed by atoms with Crippen molar-refractivity contribution in [3.05, 3.63) is 41.4 Å². The number of aromatic nitrogens is 2. The van der Waals surface area contributed by atoms with E-state index in [1.54, 1.807) is 29.7 Å². The summed E-state index contributed by atoms with van der Waals surface area (Å²) in [5, 5.41) is 0.300. The number of fused-ring (bicyclic) bond motifs is 1. The molecular weight excluding hydrogens is 507 g/mol. The van der Waals surface area contributed by atoms with Gasteiger partial charge >= 0.3 is 6.18 Å². The highest BCUT2D eigenvalue weighted by Crippen LogP contribution is 2.37. The van der Waals surface area contributed by atoms with Crippen LogP contribution in [0.2, 0.25) is 0 Å². The Bertz CT molecular complexity index is 1360. The third kappa shape index (κ3) is 5.03. The van der Waals surface area contributed by atoms with Crippen LogP contribution in [0.3, 0.4) is 0 Å². The molecule has 3 aromatic rings. The molecule has 2 amide bonds. The van der Waals surface area contributed by atoms with Crippen LogP contribution in [0.15, 0.2) is 28.7 Å². The normalized spacial score (nSPS) is 14.7. The summed E-state index contributed by atoms with van der Waals surface area (Å²) < 4.78 is 56.1. The molecular formula is C25H28F3N5O5. The van der Waals surface area contributed by atoms with Crippen LogP contribution >= 0.6 is 0 Å². The number of amides is 2. The second-order valence-electron chi connectivity index (χ2n) is 9.20. The lowest BCUT2D eigenvalue weighted by Crippen LogP contribution is -2.55. The summed E-state index contributed by atoms with van der Waals surface area (Å²) in [7, 11) is 2.79. The molecule has 0 bridgehead atoms. The fraction of sp³-hybridized carbons (Fsp3) is 0.440. The highest BCUT2D eigenvalue weighted by Gasteiger charge is 2.36. The molecule has 0 radical (unpaired) electrons. The van der Waals surface area contributed by atoms with Crippen LogP contribution in [0.5, 0.6) is 5.75 Å². The molecule has 0 aliphatic carbocycles. The number of halogens is 3. The molecule has 1 aliphatic rings. The number of hydrogen-bond acceptors (Lipinski definition) is 8. The van der Waals surface area contributed by atoms with E-state index in [1.165, 1.54) is 26.4 Å². The van der Waals surface area contributed by atoms with Crippen molar-refractivity contribution in [1.29, 1.82) is 0 Å². The summed E-state index contributed by atoms with van der Waals surface area (Å²) in [6, 6.07) is 5.14. The summed E-state index contributed by atoms with van der Waals surface area (Å²) in [5.41, 5.74) is 4.09. The van der Waals surface area contributed by atoms with E-state index in [4.69, 9.17) is 19.6 Å². The molecule has 10 nitrogen and oxygen atoms in total. The lowest BCUT2D eigenvalue weighted by Gasteiger charge is -2.37. The van der Waals surface area contributed by atoms with Crippen molar-refractivity contribution in [2.24, 2.45) is 5.73 Å². The third-order valence-corrected chi connectivity index (χ3v) is 6.53. The maximum absolute atomic E-state index is 13.3. The molecule has 1 aromatic carbocycles. The zero-order chi connectivity index (χ0) is 27.8. The van der Waals surface area contributed by atoms with Gasteiger partial charge in [0.15, 0.2) is 11.5 Å². The minimum Gasteiger partial charge on any atom is -0.494 e. The lowest BCUT2D eigenvalue weighted by atomic mass is 10.1. The molecule has 38 heavy (non-hydrogen) atoms. The van der Waals surface area contributed by atoms with Crippen LogP contribution in [0.1, 0.15) is 35.8 Å². The number of piperazine rings is 1. The summed E-state index contributed by atoms with van der Waals surface area (Å²) in [6.07, 6.45) is -4.64. The molecule has 4 rings (SSSR count). The Labute approximate surface area is 216 Å². The molecule has 1 saturated heterocycles. The van der Waals surface area contributed by atoms with Crippen LogP contribution in [0.4, 0.5) is 13.2 Å². The quantitative estimate of drug-likeness (QED) is 0.511. The maximum Gasteiger partial charge on any atom is 0.433 e. The number of carbonyl (C=O) groups is 2. The van der Waals surface area contributed by atoms with E-state index < -0.39 is 23.4 Å². The molecule has 2 N–H and O–H groups in total. The Balaban J connectivity index is 1.64. The van der Waals surface area contributed by atoms with Gasteiger partial charge in [-0.3, -0.25) is 9.59 Å². The Morgan fingerprint density at radius 2 is 1.68 bits per heavy atom. The molecule has 0 saturated carbocycles. The largest absolute Gasteiger partial charge is 0.494 e. The van der Waals surface area contributed by atoms with Gasteiger partial charge in [-0.2, -0.15) is 13.2 Å². The first-order valence-corrected chi connectivity index (χ1v) is 11.8. The Kier molecular flexibility index (Phi) is 7.35. The number of nitrogens with zero attached hydrogens (tertiary/aromatic N) is 4. The molecule has 3 heterocycles. The van der Waals surface area contributed by atoms with Crippen molar-refractivity contribution in [3.8, 4) is 17.2 Å². The van der Waals surface area contributed by atoms with E-state index >= 15 is 0 Å². The zero-order valence-corrected chi connectivity index (χ0v) is 21.4. The van der Waals surface area contributed by atoms with E-state index in [0.717, 1.165) is 6.07 Å². The van der Waals surface area contributed by atoms with Crippen molar-refractivity contribution in [1.82, 2.24) is 19.8 Å². The van der Waals surface area contributed by atoms with Gasteiger partial charge in [0.2, 0.25) is 5.89 Å². The number of methoxy groups -OCH3 is 2. The molecule has 0 spiro atoms. The monoisotopic (exact) mass is 535 g/mol. The predicted molar refractivity (Wildman–Crippen MR) is 130 cm³/mol. The van der Waals surface area contributed by atoms with Gasteiger partial charge in [-0.1, -0.05) is 0 Å². The standard InChI is InChI=1S/C25H28F3N5O5/c1-24(2,37-4)23(35)33-11-9-32(10-12-33)22(34)20-17(13-29)38-21(31-20)15-5-7-16(36-3)19-14(15)6-8-18(30-19)25(26,27)28/h5-8H,9-13,29H2,1-4H3. The van der Waals surface area contributed by atoms with Crippen LogP contribution in [0.25, 0.3) is 22.4 Å². The van der Waals surface area contributed by atoms with E-state index in [-0.39, 0.29) is 54.2 Å². The van der Waals surface area contributed by atoms with Gasteiger partial charge in [0.25, 0.3) is 11.8 Å². The van der Waals surface area contributed by atoms with Gasteiger partial charge in [-0.15, -0.1) is 0 Å². The number of ether oxygens (including phenoxy) is 2. The smallest absolute Gasteiger partial charge is 0.433 e. The van der Waals surface area contributed by atoms with Gasteiger partial charge in [-0.25, -0.2) is 9.97 Å². The number of pyridine rings is 1. The summed E-state index contributed by atoms with van der Waals surface area (Å²) in [5.74, 6) is -0.312. The van der Waals surface area contributed by atoms with Gasteiger partial charge in [0.1, 0.15) is 22.6 Å². The first-order chi connectivity index (χ1) is 17.9. The number of benzene rings is 1. The number of alkyl halides is 3. The Hall–Kier alpha value is -3.71. The average molecular weight is 536 g/mol. The highest BCUT2D eigenvalue weighted by atomic mass is 19.4. The number of rotatable bonds is 6. The molecule has 204 valence electrons. The molecule has 0 unspecified atom stereocenters. The fourth-order valence-corrected chi connectivity index (χ4v) is 4.20. The molecule has 1 aliphatic heterocycles. The minimum absolute atomic E-state index is 0.00309. The molecule has 2 aromatic heterocycles. The fourth-order valence-electron chi connectivity index (χ4n) is 4.20. The van der Waals surface area contributed by atoms with Crippen molar-refractivity contribution in [2.75, 3.05) is 40.4 Å². The van der Waals surface area contributed by atoms with Crippen LogP contribution in [-0.2, 0) is 22.3 Å². The van der Waals surface area contributed by atoms with Crippen molar-refractivity contribution < 1.29 is 36.7 Å². The Morgan fingerprint density at radius 3 is 2.26 bits per heavy atom. The van der Waals surface area contributed by atoms with Crippen LogP contribution in [-0.4, -0.2) is 77.6 Å². The number of carbonyl (C=O) groups excluding carboxylic acids is 2. The van der Waals surface area contributed by atoms with Gasteiger partial charge in [0.05, 0.1) is 13.7 Å². The van der Waals surface area contributed by atoms with Gasteiger partial charge in [0, 0.05) is 44.2 Å². The highest BCUT2D eigenvalue weighted by molar-refractivity contribution is 5.98. The molecule has 1 fully saturated rings. The van der Waals surface area contributed by atoms with E-state index in [2.05, 4.69) is 9.97 Å². The third-order valence-electron chi connectivity index (χ3n) is 6.53. The second-order valence-corrected chi connectivity index (χ2v) is 9.20. The first-order valence-electron chi connectivity index (χ1n) is 11.8. The molecule has 0 atom stereocenters. The topological polar surface area (TPSA) is 124 Å². The van der Waals surface area contributed by atoms with E-state index in [1.807, 2.05) is 0 Å². The Morgan fingerprint density at radius 1 is 1.03 bits per heavy atom. The summed E-state index contributed by atoms with van der Waals surface area (Å²) in [6.45, 7) is 4.41. The number of oxazole rings is 1. The summed E-state index contributed by atoms with van der Waals surface area (Å²) in [4.78, 5) is 37.3. The molecule has 13 heteroatoms.